The van der Waals surface area contributed by atoms with Crippen LogP contribution in [0.4, 0.5) is 22.0 Å². The monoisotopic (exact) mass is 243 g/mol. The van der Waals surface area contributed by atoms with E-state index in [4.69, 9.17) is 0 Å². The second-order valence-electron chi connectivity index (χ2n) is 2.94. The lowest BCUT2D eigenvalue weighted by Crippen LogP contribution is -2.14. The lowest BCUT2D eigenvalue weighted by molar-refractivity contribution is -0.141. The number of halogens is 5. The molecule has 1 atom stereocenters. The highest BCUT2D eigenvalue weighted by molar-refractivity contribution is 5.36. The summed E-state index contributed by atoms with van der Waals surface area (Å²) in [6, 6.07) is 0. The van der Waals surface area contributed by atoms with Crippen LogP contribution in [-0.2, 0) is 13.2 Å². The van der Waals surface area contributed by atoms with Crippen molar-refractivity contribution in [2.24, 2.45) is 7.05 Å². The van der Waals surface area contributed by atoms with Crippen LogP contribution < -0.4 is 4.74 Å². The molecule has 0 bridgehead atoms. The summed E-state index contributed by atoms with van der Waals surface area (Å²) in [4.78, 5) is 0. The molecule has 0 aliphatic carbocycles. The summed E-state index contributed by atoms with van der Waals surface area (Å²) in [5, 5.41) is 3.08. The average Bonchev–Trinajstić information content (AvgIpc) is 2.44. The number of ether oxygens (including phenoxy) is 1. The van der Waals surface area contributed by atoms with Gasteiger partial charge < -0.3 is 4.74 Å². The van der Waals surface area contributed by atoms with Gasteiger partial charge in [0.2, 0.25) is 5.88 Å². The molecule has 8 heteroatoms. The number of hydrogen-bond acceptors (Lipinski definition) is 2. The number of aryl methyl sites for hydroxylation is 1. The zero-order valence-corrected chi connectivity index (χ0v) is 8.18. The van der Waals surface area contributed by atoms with Gasteiger partial charge in [-0.2, -0.15) is 22.7 Å². The molecule has 0 fully saturated rings. The van der Waals surface area contributed by atoms with Crippen molar-refractivity contribution >= 4 is 0 Å². The fourth-order valence-electron chi connectivity index (χ4n) is 1.08. The van der Waals surface area contributed by atoms with Crippen LogP contribution in [0.15, 0.2) is 0 Å². The normalized spacial score (nSPS) is 13.9. The number of aromatic nitrogens is 2. The first-order valence-electron chi connectivity index (χ1n) is 4.10. The van der Waals surface area contributed by atoms with Gasteiger partial charge in [-0.3, -0.25) is 0 Å². The minimum Gasteiger partial charge on any atom is -0.440 e. The van der Waals surface area contributed by atoms with Gasteiger partial charge in [-0.25, -0.2) is 9.07 Å². The highest BCUT2D eigenvalue weighted by Crippen LogP contribution is 2.34. The van der Waals surface area contributed by atoms with Crippen molar-refractivity contribution in [3.05, 3.63) is 18.2 Å². The zero-order chi connectivity index (χ0) is 12.5. The summed E-state index contributed by atoms with van der Waals surface area (Å²) >= 11 is 0. The quantitative estimate of drug-likeness (QED) is 0.761. The maximum atomic E-state index is 12.5. The van der Waals surface area contributed by atoms with E-state index < -0.39 is 36.3 Å². The van der Waals surface area contributed by atoms with Gasteiger partial charge in [0.25, 0.3) is 6.36 Å². The number of rotatable bonds is 3. The lowest BCUT2D eigenvalue weighted by Gasteiger charge is -2.08. The van der Waals surface area contributed by atoms with Gasteiger partial charge in [-0.15, -0.1) is 0 Å². The van der Waals surface area contributed by atoms with E-state index in [1.54, 1.807) is 0 Å². The van der Waals surface area contributed by atoms with Crippen molar-refractivity contribution < 1.29 is 26.7 Å². The van der Waals surface area contributed by atoms with E-state index in [0.717, 1.165) is 7.05 Å². The first-order chi connectivity index (χ1) is 7.27. The van der Waals surface area contributed by atoms with E-state index in [1.165, 1.54) is 0 Å². The van der Waals surface area contributed by atoms with Gasteiger partial charge >= 0.3 is 6.18 Å². The summed E-state index contributed by atoms with van der Waals surface area (Å²) in [6.07, 6.45) is -7.05. The van der Waals surface area contributed by atoms with Crippen molar-refractivity contribution in [3.8, 4) is 5.88 Å². The molecule has 0 saturated heterocycles. The Balaban J connectivity index is 3.08. The van der Waals surface area contributed by atoms with Gasteiger partial charge in [-0.1, -0.05) is 0 Å². The molecular weight excluding hydrogens is 235 g/mol. The molecule has 1 heterocycles. The highest BCUT2D eigenvalue weighted by atomic mass is 19.4. The van der Waals surface area contributed by atoms with Gasteiger partial charge in [0.05, 0.1) is 0 Å². The smallest absolute Gasteiger partial charge is 0.435 e. The molecule has 0 N–H and O–H groups in total. The van der Waals surface area contributed by atoms with Crippen LogP contribution in [0, 0.1) is 6.92 Å². The second-order valence-corrected chi connectivity index (χ2v) is 2.94. The molecule has 0 saturated carbocycles. The predicted octanol–water partition coefficient (Wildman–Crippen LogP) is 2.26. The number of hydrogen-bond donors (Lipinski definition) is 0. The van der Waals surface area contributed by atoms with E-state index in [9.17, 15) is 22.0 Å². The summed E-state index contributed by atoms with van der Waals surface area (Å²) in [5.74, 6) is -0.544. The Labute approximate surface area is 87.8 Å². The lowest BCUT2D eigenvalue weighted by atomic mass is 10.2. The molecule has 1 unspecified atom stereocenters. The molecule has 0 aliphatic rings. The van der Waals surface area contributed by atoms with E-state index in [-0.39, 0.29) is 0 Å². The number of nitrogens with zero attached hydrogens (tertiary/aromatic N) is 2. The van der Waals surface area contributed by atoms with Crippen LogP contribution in [0.3, 0.4) is 0 Å². The van der Waals surface area contributed by atoms with E-state index in [2.05, 4.69) is 16.8 Å². The molecule has 1 rings (SSSR count). The fraction of sp³-hybridized carbons (Fsp3) is 0.500. The van der Waals surface area contributed by atoms with E-state index in [0.29, 0.717) is 4.68 Å². The fourth-order valence-corrected chi connectivity index (χ4v) is 1.08. The summed E-state index contributed by atoms with van der Waals surface area (Å²) < 4.78 is 66.3. The molecule has 1 aromatic heterocycles. The Bertz CT molecular complexity index is 373. The molecule has 0 aliphatic heterocycles. The zero-order valence-electron chi connectivity index (χ0n) is 8.18. The summed E-state index contributed by atoms with van der Waals surface area (Å²) in [7, 11) is 1.12. The first kappa shape index (κ1) is 12.7. The Hall–Kier alpha value is -1.34. The van der Waals surface area contributed by atoms with Crippen LogP contribution in [-0.4, -0.2) is 22.8 Å². The Morgan fingerprint density at radius 2 is 2.06 bits per heavy atom. The third kappa shape index (κ3) is 2.42. The molecule has 0 aromatic carbocycles. The van der Waals surface area contributed by atoms with Crippen molar-refractivity contribution in [1.29, 1.82) is 0 Å². The predicted molar refractivity (Wildman–Crippen MR) is 44.2 cm³/mol. The topological polar surface area (TPSA) is 27.1 Å². The molecule has 0 amide bonds. The number of alkyl halides is 5. The maximum Gasteiger partial charge on any atom is 0.435 e. The first-order valence-corrected chi connectivity index (χ1v) is 4.10. The Morgan fingerprint density at radius 1 is 1.50 bits per heavy atom. The Morgan fingerprint density at radius 3 is 2.44 bits per heavy atom. The molecule has 0 spiro atoms. The Kier molecular flexibility index (Phi) is 3.39. The SMILES string of the molecule is [CH2]c1c(C(F)(F)F)nn(C)c1OC(F)CF. The maximum absolute atomic E-state index is 12.5. The molecule has 1 aromatic rings. The van der Waals surface area contributed by atoms with Crippen LogP contribution >= 0.6 is 0 Å². The van der Waals surface area contributed by atoms with Crippen LogP contribution in [0.25, 0.3) is 0 Å². The molecule has 91 valence electrons. The van der Waals surface area contributed by atoms with Crippen molar-refractivity contribution in [2.75, 3.05) is 6.67 Å². The van der Waals surface area contributed by atoms with E-state index >= 15 is 0 Å². The van der Waals surface area contributed by atoms with Crippen LogP contribution in [0.5, 0.6) is 5.88 Å². The van der Waals surface area contributed by atoms with Gasteiger partial charge in [0.15, 0.2) is 12.4 Å². The third-order valence-electron chi connectivity index (χ3n) is 1.72. The summed E-state index contributed by atoms with van der Waals surface area (Å²) in [6.45, 7) is 1.61. The molecule has 16 heavy (non-hydrogen) atoms. The average molecular weight is 243 g/mol. The minimum absolute atomic E-state index is 0.544. The van der Waals surface area contributed by atoms with Gasteiger partial charge in [0.1, 0.15) is 0 Å². The standard InChI is InChI=1S/C8H8F5N2O/c1-4-6(8(11,12)13)14-15(2)7(4)16-5(10)3-9/h5H,1,3H2,2H3. The van der Waals surface area contributed by atoms with Crippen LogP contribution in [0.1, 0.15) is 11.3 Å². The van der Waals surface area contributed by atoms with E-state index in [1.807, 2.05) is 0 Å². The van der Waals surface area contributed by atoms with Crippen molar-refractivity contribution in [1.82, 2.24) is 9.78 Å². The highest BCUT2D eigenvalue weighted by Gasteiger charge is 2.38. The van der Waals surface area contributed by atoms with Crippen LogP contribution in [0.2, 0.25) is 0 Å². The minimum atomic E-state index is -4.71. The summed E-state index contributed by atoms with van der Waals surface area (Å²) in [5.41, 5.74) is -1.90. The van der Waals surface area contributed by atoms with Crippen molar-refractivity contribution in [3.63, 3.8) is 0 Å². The largest absolute Gasteiger partial charge is 0.440 e. The second kappa shape index (κ2) is 4.26. The molecule has 1 radical (unpaired) electrons. The van der Waals surface area contributed by atoms with Gasteiger partial charge in [-0.05, 0) is 6.92 Å². The molecule has 3 nitrogen and oxygen atoms in total. The molecular formula is C8H8F5N2O. The van der Waals surface area contributed by atoms with Gasteiger partial charge in [0, 0.05) is 12.6 Å². The third-order valence-corrected chi connectivity index (χ3v) is 1.72. The van der Waals surface area contributed by atoms with Crippen molar-refractivity contribution in [2.45, 2.75) is 12.5 Å².